The molecule has 0 amide bonds. The van der Waals surface area contributed by atoms with Gasteiger partial charge in [-0.15, -0.1) is 11.3 Å². The molecule has 1 aliphatic heterocycles. The van der Waals surface area contributed by atoms with Crippen LogP contribution in [0.1, 0.15) is 41.8 Å². The van der Waals surface area contributed by atoms with Crippen LogP contribution < -0.4 is 0 Å². The lowest BCUT2D eigenvalue weighted by Gasteiger charge is -2.56. The van der Waals surface area contributed by atoms with E-state index in [1.165, 1.54) is 9.88 Å². The van der Waals surface area contributed by atoms with E-state index in [1.807, 2.05) is 18.3 Å². The number of hydrogen-bond donors (Lipinski definition) is 1. The van der Waals surface area contributed by atoms with Gasteiger partial charge in [0.2, 0.25) is 0 Å². The van der Waals surface area contributed by atoms with Crippen LogP contribution in [0.4, 0.5) is 0 Å². The number of piperidine rings is 1. The summed E-state index contributed by atoms with van der Waals surface area (Å²) in [4.78, 5) is 8.43. The quantitative estimate of drug-likeness (QED) is 0.928. The van der Waals surface area contributed by atoms with Crippen LogP contribution in [-0.4, -0.2) is 46.9 Å². The number of ether oxygens (including phenoxy) is 1. The van der Waals surface area contributed by atoms with Gasteiger partial charge in [-0.25, -0.2) is 4.98 Å². The van der Waals surface area contributed by atoms with Crippen molar-refractivity contribution in [2.75, 3.05) is 19.7 Å². The molecule has 1 saturated carbocycles. The predicted molar refractivity (Wildman–Crippen MR) is 84.6 cm³/mol. The van der Waals surface area contributed by atoms with Crippen molar-refractivity contribution in [2.24, 2.45) is 5.41 Å². The molecule has 21 heavy (non-hydrogen) atoms. The summed E-state index contributed by atoms with van der Waals surface area (Å²) in [6, 6.07) is 0. The summed E-state index contributed by atoms with van der Waals surface area (Å²) in [6.45, 7) is 10.0. The highest BCUT2D eigenvalue weighted by Gasteiger charge is 2.55. The van der Waals surface area contributed by atoms with Crippen LogP contribution in [0.2, 0.25) is 0 Å². The summed E-state index contributed by atoms with van der Waals surface area (Å²) in [7, 11) is 0. The van der Waals surface area contributed by atoms with Gasteiger partial charge < -0.3 is 9.84 Å². The van der Waals surface area contributed by atoms with E-state index in [9.17, 15) is 5.11 Å². The van der Waals surface area contributed by atoms with E-state index in [-0.39, 0.29) is 17.6 Å². The van der Waals surface area contributed by atoms with Gasteiger partial charge in [0.25, 0.3) is 0 Å². The van der Waals surface area contributed by atoms with Crippen LogP contribution in [0.15, 0.2) is 0 Å². The van der Waals surface area contributed by atoms with Crippen molar-refractivity contribution < 1.29 is 9.84 Å². The third-order valence-electron chi connectivity index (χ3n) is 5.33. The van der Waals surface area contributed by atoms with Gasteiger partial charge in [0.15, 0.2) is 0 Å². The second-order valence-electron chi connectivity index (χ2n) is 6.45. The summed E-state index contributed by atoms with van der Waals surface area (Å²) >= 11 is 1.81. The molecule has 1 aliphatic carbocycles. The number of thiazole rings is 1. The summed E-state index contributed by atoms with van der Waals surface area (Å²) in [5.74, 6) is 0. The maximum Gasteiger partial charge on any atom is 0.107 e. The summed E-state index contributed by atoms with van der Waals surface area (Å²) in [5, 5.41) is 11.4. The number of nitrogens with zero attached hydrogens (tertiary/aromatic N) is 2. The average Bonchev–Trinajstić information content (AvgIpc) is 2.78. The van der Waals surface area contributed by atoms with E-state index in [1.54, 1.807) is 0 Å². The molecule has 2 fully saturated rings. The number of aromatic nitrogens is 1. The van der Waals surface area contributed by atoms with Gasteiger partial charge in [-0.05, 0) is 46.7 Å². The van der Waals surface area contributed by atoms with Gasteiger partial charge in [0, 0.05) is 23.3 Å². The topological polar surface area (TPSA) is 45.6 Å². The Hall–Kier alpha value is -0.490. The monoisotopic (exact) mass is 310 g/mol. The van der Waals surface area contributed by atoms with E-state index in [4.69, 9.17) is 4.74 Å². The van der Waals surface area contributed by atoms with Crippen molar-refractivity contribution in [3.05, 3.63) is 15.6 Å². The third-order valence-corrected chi connectivity index (χ3v) is 6.39. The molecule has 5 heteroatoms. The Balaban J connectivity index is 1.57. The minimum absolute atomic E-state index is 0.0290. The first kappa shape index (κ1) is 15.4. The zero-order valence-electron chi connectivity index (χ0n) is 13.3. The molecule has 1 N–H and O–H groups in total. The summed E-state index contributed by atoms with van der Waals surface area (Å²) < 4.78 is 5.83. The van der Waals surface area contributed by atoms with Gasteiger partial charge in [-0.2, -0.15) is 0 Å². The van der Waals surface area contributed by atoms with Gasteiger partial charge in [-0.3, -0.25) is 4.90 Å². The maximum absolute atomic E-state index is 10.2. The third kappa shape index (κ3) is 2.77. The molecule has 2 heterocycles. The SMILES string of the molecule is CCO[C@H]1C[C@@H](O)C12CCN(Cc1nc(C)c(C)s1)CC2. The zero-order chi connectivity index (χ0) is 15.0. The van der Waals surface area contributed by atoms with Gasteiger partial charge >= 0.3 is 0 Å². The van der Waals surface area contributed by atoms with Crippen molar-refractivity contribution in [3.63, 3.8) is 0 Å². The van der Waals surface area contributed by atoms with Crippen molar-refractivity contribution in [1.29, 1.82) is 0 Å². The van der Waals surface area contributed by atoms with E-state index in [0.29, 0.717) is 0 Å². The molecule has 2 aliphatic rings. The molecule has 0 aromatic carbocycles. The molecule has 1 saturated heterocycles. The Bertz CT molecular complexity index is 473. The fourth-order valence-corrected chi connectivity index (χ4v) is 4.72. The zero-order valence-corrected chi connectivity index (χ0v) is 14.1. The van der Waals surface area contributed by atoms with Crippen molar-refractivity contribution in [2.45, 2.75) is 58.8 Å². The number of hydrogen-bond acceptors (Lipinski definition) is 5. The standard InChI is InChI=1S/C16H26N2O2S/c1-4-20-14-9-13(19)16(14)5-7-18(8-6-16)10-15-17-11(2)12(3)21-15/h13-14,19H,4-10H2,1-3H3/t13-,14+/m1/s1. The number of likely N-dealkylation sites (tertiary alicyclic amines) is 1. The lowest BCUT2D eigenvalue weighted by Crippen LogP contribution is -2.62. The van der Waals surface area contributed by atoms with Gasteiger partial charge in [-0.1, -0.05) is 0 Å². The van der Waals surface area contributed by atoms with Crippen LogP contribution in [0, 0.1) is 19.3 Å². The van der Waals surface area contributed by atoms with E-state index < -0.39 is 0 Å². The van der Waals surface area contributed by atoms with E-state index in [0.717, 1.165) is 51.2 Å². The summed E-state index contributed by atoms with van der Waals surface area (Å²) in [5.41, 5.74) is 1.19. The molecular formula is C16H26N2O2S. The molecule has 1 aromatic rings. The molecule has 0 radical (unpaired) electrons. The highest BCUT2D eigenvalue weighted by molar-refractivity contribution is 7.11. The van der Waals surface area contributed by atoms with Crippen LogP contribution in [0.5, 0.6) is 0 Å². The summed E-state index contributed by atoms with van der Waals surface area (Å²) in [6.07, 6.45) is 3.01. The largest absolute Gasteiger partial charge is 0.392 e. The number of rotatable bonds is 4. The molecular weight excluding hydrogens is 284 g/mol. The minimum atomic E-state index is -0.166. The van der Waals surface area contributed by atoms with Gasteiger partial charge in [0.1, 0.15) is 5.01 Å². The Kier molecular flexibility index (Phi) is 4.37. The van der Waals surface area contributed by atoms with Gasteiger partial charge in [0.05, 0.1) is 24.4 Å². The molecule has 118 valence electrons. The van der Waals surface area contributed by atoms with E-state index >= 15 is 0 Å². The fraction of sp³-hybridized carbons (Fsp3) is 0.812. The normalized spacial score (nSPS) is 28.8. The molecule has 1 spiro atoms. The van der Waals surface area contributed by atoms with Crippen LogP contribution in [-0.2, 0) is 11.3 Å². The number of aryl methyl sites for hydroxylation is 2. The Morgan fingerprint density at radius 3 is 2.62 bits per heavy atom. The Morgan fingerprint density at radius 2 is 2.10 bits per heavy atom. The first-order chi connectivity index (χ1) is 10.0. The lowest BCUT2D eigenvalue weighted by molar-refractivity contribution is -0.209. The Labute approximate surface area is 131 Å². The average molecular weight is 310 g/mol. The van der Waals surface area contributed by atoms with Crippen LogP contribution in [0.25, 0.3) is 0 Å². The first-order valence-electron chi connectivity index (χ1n) is 8.00. The molecule has 0 bridgehead atoms. The van der Waals surface area contributed by atoms with Crippen molar-refractivity contribution in [1.82, 2.24) is 9.88 Å². The van der Waals surface area contributed by atoms with Crippen molar-refractivity contribution >= 4 is 11.3 Å². The lowest BCUT2D eigenvalue weighted by atomic mass is 9.58. The number of aliphatic hydroxyl groups is 1. The molecule has 3 rings (SSSR count). The molecule has 1 aromatic heterocycles. The fourth-order valence-electron chi connectivity index (χ4n) is 3.74. The van der Waals surface area contributed by atoms with Crippen LogP contribution in [0.3, 0.4) is 0 Å². The smallest absolute Gasteiger partial charge is 0.107 e. The highest BCUT2D eigenvalue weighted by Crippen LogP contribution is 2.51. The Morgan fingerprint density at radius 1 is 1.38 bits per heavy atom. The molecule has 4 nitrogen and oxygen atoms in total. The first-order valence-corrected chi connectivity index (χ1v) is 8.81. The highest BCUT2D eigenvalue weighted by atomic mass is 32.1. The van der Waals surface area contributed by atoms with Crippen LogP contribution >= 0.6 is 11.3 Å². The second-order valence-corrected chi connectivity index (χ2v) is 7.74. The predicted octanol–water partition coefficient (Wildman–Crippen LogP) is 2.51. The second kappa shape index (κ2) is 5.95. The molecule has 0 unspecified atom stereocenters. The molecule has 2 atom stereocenters. The maximum atomic E-state index is 10.2. The van der Waals surface area contributed by atoms with Crippen molar-refractivity contribution in [3.8, 4) is 0 Å². The van der Waals surface area contributed by atoms with E-state index in [2.05, 4.69) is 23.7 Å². The number of aliphatic hydroxyl groups excluding tert-OH is 1. The minimum Gasteiger partial charge on any atom is -0.392 e.